The summed E-state index contributed by atoms with van der Waals surface area (Å²) in [6, 6.07) is 0.982. The van der Waals surface area contributed by atoms with Gasteiger partial charge < -0.3 is 14.3 Å². The zero-order valence-electron chi connectivity index (χ0n) is 17.4. The third kappa shape index (κ3) is 5.88. The molecule has 1 fully saturated rings. The molecule has 26 heavy (non-hydrogen) atoms. The Morgan fingerprint density at radius 3 is 2.62 bits per heavy atom. The van der Waals surface area contributed by atoms with E-state index < -0.39 is 40.4 Å². The first kappa shape index (κ1) is 22.1. The minimum Gasteiger partial charge on any atom is -0.408 e. The van der Waals surface area contributed by atoms with Crippen LogP contribution in [0, 0.1) is 11.3 Å². The maximum absolute atomic E-state index is 12.8. The number of nitrogens with one attached hydrogen (secondary N) is 1. The molecule has 1 rings (SSSR count). The molecule has 0 saturated carbocycles. The fraction of sp³-hybridized carbons (Fsp3) is 0.933. The normalized spacial score (nSPS) is 29.8. The highest BCUT2D eigenvalue weighted by atomic mass is 31.2. The number of hydrogen-bond donors (Lipinski definition) is 2. The second-order valence-corrected chi connectivity index (χ2v) is 14.3. The van der Waals surface area contributed by atoms with Gasteiger partial charge in [0.25, 0.3) is 0 Å². The molecular formula is C15H30BN2O6PSi. The summed E-state index contributed by atoms with van der Waals surface area (Å²) in [5.74, 6) is 0. The van der Waals surface area contributed by atoms with Crippen LogP contribution < -0.4 is 5.09 Å². The van der Waals surface area contributed by atoms with Crippen LogP contribution in [0.2, 0.25) is 18.1 Å². The number of aliphatic hydroxyl groups excluding tert-OH is 1. The van der Waals surface area contributed by atoms with E-state index in [1.807, 2.05) is 6.07 Å². The zero-order valence-corrected chi connectivity index (χ0v) is 18.2. The van der Waals surface area contributed by atoms with Crippen LogP contribution >= 0.6 is 7.75 Å². The lowest BCUT2D eigenvalue weighted by Gasteiger charge is -2.40. The van der Waals surface area contributed by atoms with Gasteiger partial charge in [0.05, 0.1) is 25.7 Å². The SMILES string of the molecule is [2H]OC[C@H]1O[C@@H]([B])[C@@H](OP(=O)(NC)OCCC#N)C1O[Si](C)(C)C(C)(C)C. The van der Waals surface area contributed by atoms with Crippen molar-refractivity contribution in [3.63, 3.8) is 0 Å². The number of hydrogen-bond acceptors (Lipinski definition) is 7. The Morgan fingerprint density at radius 1 is 1.46 bits per heavy atom. The Kier molecular flexibility index (Phi) is 7.89. The van der Waals surface area contributed by atoms with Crippen LogP contribution in [0.4, 0.5) is 0 Å². The Hall–Kier alpha value is -0.238. The molecule has 2 N–H and O–H groups in total. The molecule has 0 spiro atoms. The highest BCUT2D eigenvalue weighted by molar-refractivity contribution is 7.51. The van der Waals surface area contributed by atoms with Gasteiger partial charge in [-0.25, -0.2) is 9.65 Å². The van der Waals surface area contributed by atoms with Crippen molar-refractivity contribution in [2.45, 2.75) is 69.6 Å². The quantitative estimate of drug-likeness (QED) is 0.322. The lowest BCUT2D eigenvalue weighted by molar-refractivity contribution is -0.00288. The minimum atomic E-state index is -3.72. The van der Waals surface area contributed by atoms with Gasteiger partial charge in [0, 0.05) is 6.00 Å². The maximum Gasteiger partial charge on any atom is 0.405 e. The Balaban J connectivity index is 3.05. The van der Waals surface area contributed by atoms with E-state index in [-0.39, 0.29) is 24.7 Å². The highest BCUT2D eigenvalue weighted by Crippen LogP contribution is 2.48. The highest BCUT2D eigenvalue weighted by Gasteiger charge is 2.51. The van der Waals surface area contributed by atoms with E-state index in [0.717, 1.165) is 0 Å². The van der Waals surface area contributed by atoms with Crippen LogP contribution in [0.1, 0.15) is 27.2 Å². The predicted molar refractivity (Wildman–Crippen MR) is 101 cm³/mol. The van der Waals surface area contributed by atoms with Gasteiger partial charge in [-0.3, -0.25) is 9.05 Å². The maximum atomic E-state index is 12.8. The van der Waals surface area contributed by atoms with E-state index in [2.05, 4.69) is 44.1 Å². The van der Waals surface area contributed by atoms with Gasteiger partial charge in [-0.15, -0.1) is 0 Å². The van der Waals surface area contributed by atoms with Gasteiger partial charge in [0.2, 0.25) is 1.43 Å². The second-order valence-electron chi connectivity index (χ2n) is 7.68. The fourth-order valence-corrected chi connectivity index (χ4v) is 4.70. The van der Waals surface area contributed by atoms with Gasteiger partial charge >= 0.3 is 7.75 Å². The lowest BCUT2D eigenvalue weighted by Crippen LogP contribution is -2.50. The fourth-order valence-electron chi connectivity index (χ4n) is 2.19. The van der Waals surface area contributed by atoms with Crippen LogP contribution in [0.5, 0.6) is 0 Å². The molecule has 0 aliphatic carbocycles. The standard InChI is InChI=1S/C15H30BN2O6PSi/c1-15(2,3)26(5,6)24-12-11(10-19)22-14(16)13(12)23-25(20,18-4)21-9-7-8-17/h11-14,19H,7,9-10H2,1-6H3,(H,18,20)/t11-,12?,13+,14-,25?/m1/s1/i19D. The molecule has 11 heteroatoms. The molecule has 8 nitrogen and oxygen atoms in total. The Labute approximate surface area is 160 Å². The smallest absolute Gasteiger partial charge is 0.405 e. The number of ether oxygens (including phenoxy) is 1. The van der Waals surface area contributed by atoms with E-state index in [9.17, 15) is 4.57 Å². The molecule has 1 aliphatic rings. The Bertz CT molecular complexity index is 573. The third-order valence-corrected chi connectivity index (χ3v) is 10.8. The van der Waals surface area contributed by atoms with Crippen molar-refractivity contribution in [2.75, 3.05) is 20.3 Å². The summed E-state index contributed by atoms with van der Waals surface area (Å²) < 4.78 is 42.9. The van der Waals surface area contributed by atoms with Crippen molar-refractivity contribution >= 4 is 23.9 Å². The summed E-state index contributed by atoms with van der Waals surface area (Å²) in [6.07, 6.45) is -2.13. The monoisotopic (exact) mass is 405 g/mol. The van der Waals surface area contributed by atoms with E-state index in [4.69, 9.17) is 32.7 Å². The average Bonchev–Trinajstić information content (AvgIpc) is 2.82. The van der Waals surface area contributed by atoms with Crippen molar-refractivity contribution < 1.29 is 27.9 Å². The van der Waals surface area contributed by atoms with Crippen molar-refractivity contribution in [1.29, 1.82) is 6.69 Å². The molecule has 0 aromatic heterocycles. The molecule has 1 saturated heterocycles. The summed E-state index contributed by atoms with van der Waals surface area (Å²) in [5.41, 5.74) is 0. The molecule has 2 unspecified atom stereocenters. The molecule has 148 valence electrons. The molecule has 0 bridgehead atoms. The topological polar surface area (TPSA) is 110 Å². The molecule has 0 amide bonds. The molecule has 0 aromatic carbocycles. The summed E-state index contributed by atoms with van der Waals surface area (Å²) in [7, 11) is 1.51. The van der Waals surface area contributed by atoms with Gasteiger partial charge in [-0.05, 0) is 25.2 Å². The van der Waals surface area contributed by atoms with Crippen LogP contribution in [0.3, 0.4) is 0 Å². The number of nitriles is 1. The molecular weight excluding hydrogens is 374 g/mol. The minimum absolute atomic E-state index is 0.0511. The van der Waals surface area contributed by atoms with Crippen LogP contribution in [-0.4, -0.2) is 67.3 Å². The molecule has 5 atom stereocenters. The summed E-state index contributed by atoms with van der Waals surface area (Å²) >= 11 is 0. The number of aliphatic hydroxyl groups is 1. The van der Waals surface area contributed by atoms with Crippen molar-refractivity contribution in [3.8, 4) is 6.07 Å². The van der Waals surface area contributed by atoms with Crippen molar-refractivity contribution in [3.05, 3.63) is 0 Å². The van der Waals surface area contributed by atoms with E-state index in [1.165, 1.54) is 7.05 Å². The first-order valence-corrected chi connectivity index (χ1v) is 13.0. The van der Waals surface area contributed by atoms with E-state index >= 15 is 0 Å². The summed E-state index contributed by atoms with van der Waals surface area (Å²) in [4.78, 5) is 0. The second kappa shape index (κ2) is 9.31. The van der Waals surface area contributed by atoms with Crippen molar-refractivity contribution in [2.24, 2.45) is 0 Å². The van der Waals surface area contributed by atoms with E-state index in [1.54, 1.807) is 0 Å². The van der Waals surface area contributed by atoms with Gasteiger partial charge in [-0.2, -0.15) is 5.26 Å². The van der Waals surface area contributed by atoms with Crippen LogP contribution in [-0.2, 0) is 22.8 Å². The molecule has 2 radical (unpaired) electrons. The predicted octanol–water partition coefficient (Wildman–Crippen LogP) is 1.91. The van der Waals surface area contributed by atoms with Crippen molar-refractivity contribution in [1.82, 2.24) is 5.09 Å². The summed E-state index contributed by atoms with van der Waals surface area (Å²) in [5, 5.41) is 15.6. The van der Waals surface area contributed by atoms with Crippen LogP contribution in [0.15, 0.2) is 0 Å². The first-order chi connectivity index (χ1) is 12.4. The number of nitrogens with zero attached hydrogens (tertiary/aromatic N) is 1. The zero-order chi connectivity index (χ0) is 20.9. The van der Waals surface area contributed by atoms with Gasteiger partial charge in [0.1, 0.15) is 26.2 Å². The molecule has 1 aliphatic heterocycles. The molecule has 1 heterocycles. The van der Waals surface area contributed by atoms with Gasteiger partial charge in [0.15, 0.2) is 8.32 Å². The van der Waals surface area contributed by atoms with E-state index in [0.29, 0.717) is 0 Å². The Morgan fingerprint density at radius 2 is 2.12 bits per heavy atom. The first-order valence-electron chi connectivity index (χ1n) is 8.97. The largest absolute Gasteiger partial charge is 0.408 e. The summed E-state index contributed by atoms with van der Waals surface area (Å²) in [6.45, 7) is 10.3. The third-order valence-electron chi connectivity index (χ3n) is 4.76. The average molecular weight is 405 g/mol. The lowest BCUT2D eigenvalue weighted by atomic mass is 9.93. The number of rotatable bonds is 10. The van der Waals surface area contributed by atoms with Crippen LogP contribution in [0.25, 0.3) is 0 Å². The molecule has 0 aromatic rings. The van der Waals surface area contributed by atoms with Gasteiger partial charge in [-0.1, -0.05) is 20.8 Å².